The first-order chi connectivity index (χ1) is 12.4. The summed E-state index contributed by atoms with van der Waals surface area (Å²) in [6.07, 6.45) is -2.56. The number of halogens is 3. The van der Waals surface area contributed by atoms with Crippen LogP contribution in [-0.4, -0.2) is 27.6 Å². The van der Waals surface area contributed by atoms with Crippen molar-refractivity contribution in [2.24, 2.45) is 0 Å². The highest BCUT2D eigenvalue weighted by molar-refractivity contribution is 7.99. The minimum absolute atomic E-state index is 0.0618. The molecule has 3 rings (SSSR count). The molecule has 1 saturated heterocycles. The van der Waals surface area contributed by atoms with E-state index in [1.54, 1.807) is 0 Å². The van der Waals surface area contributed by atoms with Crippen LogP contribution >= 0.6 is 11.8 Å². The van der Waals surface area contributed by atoms with Gasteiger partial charge in [0.15, 0.2) is 5.82 Å². The van der Waals surface area contributed by atoms with E-state index >= 15 is 0 Å². The zero-order valence-electron chi connectivity index (χ0n) is 13.9. The zero-order valence-corrected chi connectivity index (χ0v) is 14.7. The molecule has 5 nitrogen and oxygen atoms in total. The van der Waals surface area contributed by atoms with E-state index in [-0.39, 0.29) is 18.9 Å². The van der Waals surface area contributed by atoms with E-state index < -0.39 is 17.6 Å². The van der Waals surface area contributed by atoms with Crippen molar-refractivity contribution in [1.82, 2.24) is 15.5 Å². The van der Waals surface area contributed by atoms with E-state index in [9.17, 15) is 18.0 Å². The van der Waals surface area contributed by atoms with Crippen LogP contribution in [0.1, 0.15) is 41.6 Å². The second kappa shape index (κ2) is 8.11. The number of carbonyl (C=O) groups excluding carboxylic acids is 1. The van der Waals surface area contributed by atoms with E-state index in [0.717, 1.165) is 36.5 Å². The zero-order chi connectivity index (χ0) is 18.6. The first kappa shape index (κ1) is 18.8. The number of nitrogens with one attached hydrogen (secondary N) is 1. The third kappa shape index (κ3) is 5.00. The third-order valence-corrected chi connectivity index (χ3v) is 5.17. The summed E-state index contributed by atoms with van der Waals surface area (Å²) in [4.78, 5) is 16.3. The predicted molar refractivity (Wildman–Crippen MR) is 90.6 cm³/mol. The maximum Gasteiger partial charge on any atom is 0.416 e. The topological polar surface area (TPSA) is 68.0 Å². The molecular weight excluding hydrogens is 367 g/mol. The van der Waals surface area contributed by atoms with Gasteiger partial charge in [-0.15, -0.1) is 0 Å². The Morgan fingerprint density at radius 1 is 1.31 bits per heavy atom. The van der Waals surface area contributed by atoms with Gasteiger partial charge in [0.1, 0.15) is 0 Å². The summed E-state index contributed by atoms with van der Waals surface area (Å²) in [7, 11) is 0. The Labute approximate surface area is 152 Å². The second-order valence-electron chi connectivity index (χ2n) is 6.08. The van der Waals surface area contributed by atoms with Crippen LogP contribution in [0.5, 0.6) is 0 Å². The fourth-order valence-electron chi connectivity index (χ4n) is 2.74. The molecule has 0 radical (unpaired) electrons. The van der Waals surface area contributed by atoms with Gasteiger partial charge in [0.25, 0.3) is 0 Å². The quantitative estimate of drug-likeness (QED) is 0.852. The Kier molecular flexibility index (Phi) is 5.85. The van der Waals surface area contributed by atoms with Crippen LogP contribution in [0.25, 0.3) is 0 Å². The van der Waals surface area contributed by atoms with Crippen molar-refractivity contribution < 1.29 is 22.5 Å². The molecule has 0 bridgehead atoms. The molecule has 1 aromatic heterocycles. The number of aromatic nitrogens is 2. The number of benzene rings is 1. The normalized spacial score (nSPS) is 15.8. The molecule has 1 aliphatic heterocycles. The summed E-state index contributed by atoms with van der Waals surface area (Å²) in [5.74, 6) is 2.99. The molecule has 1 N–H and O–H groups in total. The van der Waals surface area contributed by atoms with Crippen molar-refractivity contribution >= 4 is 17.7 Å². The van der Waals surface area contributed by atoms with Gasteiger partial charge in [0.05, 0.1) is 18.5 Å². The molecule has 1 amide bonds. The summed E-state index contributed by atoms with van der Waals surface area (Å²) in [5.41, 5.74) is -0.474. The van der Waals surface area contributed by atoms with Gasteiger partial charge in [-0.3, -0.25) is 4.79 Å². The molecule has 9 heteroatoms. The van der Waals surface area contributed by atoms with E-state index in [1.807, 2.05) is 11.8 Å². The third-order valence-electron chi connectivity index (χ3n) is 4.13. The van der Waals surface area contributed by atoms with Crippen molar-refractivity contribution in [3.05, 3.63) is 47.1 Å². The Balaban J connectivity index is 1.52. The van der Waals surface area contributed by atoms with Crippen molar-refractivity contribution in [3.63, 3.8) is 0 Å². The Morgan fingerprint density at radius 2 is 2.08 bits per heavy atom. The van der Waals surface area contributed by atoms with E-state index in [4.69, 9.17) is 4.52 Å². The lowest BCUT2D eigenvalue weighted by atomic mass is 10.0. The molecule has 1 aromatic carbocycles. The van der Waals surface area contributed by atoms with Crippen LogP contribution in [0.3, 0.4) is 0 Å². The van der Waals surface area contributed by atoms with Gasteiger partial charge in [-0.1, -0.05) is 23.4 Å². The van der Waals surface area contributed by atoms with Gasteiger partial charge >= 0.3 is 6.18 Å². The van der Waals surface area contributed by atoms with E-state index in [1.165, 1.54) is 12.1 Å². The van der Waals surface area contributed by atoms with Crippen LogP contribution in [-0.2, 0) is 23.9 Å². The smallest absolute Gasteiger partial charge is 0.347 e. The number of rotatable bonds is 5. The molecule has 2 aromatic rings. The van der Waals surface area contributed by atoms with Crippen molar-refractivity contribution in [1.29, 1.82) is 0 Å². The van der Waals surface area contributed by atoms with Gasteiger partial charge in [0, 0.05) is 5.92 Å². The van der Waals surface area contributed by atoms with Crippen molar-refractivity contribution in [2.75, 3.05) is 11.5 Å². The summed E-state index contributed by atoms with van der Waals surface area (Å²) in [5, 5.41) is 6.57. The first-order valence-corrected chi connectivity index (χ1v) is 9.40. The number of alkyl halides is 3. The number of nitrogens with zero attached hydrogens (tertiary/aromatic N) is 2. The Morgan fingerprint density at radius 3 is 2.81 bits per heavy atom. The number of hydrogen-bond acceptors (Lipinski definition) is 5. The van der Waals surface area contributed by atoms with E-state index in [0.29, 0.717) is 17.3 Å². The molecule has 0 spiro atoms. The van der Waals surface area contributed by atoms with Gasteiger partial charge in [0.2, 0.25) is 11.8 Å². The maximum absolute atomic E-state index is 12.7. The molecule has 1 aliphatic rings. The number of carbonyl (C=O) groups is 1. The lowest BCUT2D eigenvalue weighted by Crippen LogP contribution is -2.25. The highest BCUT2D eigenvalue weighted by Gasteiger charge is 2.30. The van der Waals surface area contributed by atoms with E-state index in [2.05, 4.69) is 15.5 Å². The standard InChI is InChI=1S/C17H18F3N3O2S/c18-17(19,20)13-3-1-2-11(8-13)9-14(24)21-10-15-22-16(23-25-15)12-4-6-26-7-5-12/h1-3,8,12H,4-7,9-10H2,(H,21,24). The Bertz CT molecular complexity index is 758. The van der Waals surface area contributed by atoms with Gasteiger partial charge < -0.3 is 9.84 Å². The molecule has 140 valence electrons. The maximum atomic E-state index is 12.7. The molecule has 26 heavy (non-hydrogen) atoms. The largest absolute Gasteiger partial charge is 0.416 e. The predicted octanol–water partition coefficient (Wildman–Crippen LogP) is 3.56. The lowest BCUT2D eigenvalue weighted by molar-refractivity contribution is -0.137. The van der Waals surface area contributed by atoms with Crippen LogP contribution in [0.2, 0.25) is 0 Å². The van der Waals surface area contributed by atoms with Gasteiger partial charge in [-0.05, 0) is 36.0 Å². The molecular formula is C17H18F3N3O2S. The van der Waals surface area contributed by atoms with Crippen LogP contribution in [0, 0.1) is 0 Å². The van der Waals surface area contributed by atoms with Crippen LogP contribution in [0.15, 0.2) is 28.8 Å². The second-order valence-corrected chi connectivity index (χ2v) is 7.31. The lowest BCUT2D eigenvalue weighted by Gasteiger charge is -2.17. The number of amides is 1. The summed E-state index contributed by atoms with van der Waals surface area (Å²) < 4.78 is 43.3. The Hall–Kier alpha value is -2.03. The SMILES string of the molecule is O=C(Cc1cccc(C(F)(F)F)c1)NCc1nc(C2CCSCC2)no1. The highest BCUT2D eigenvalue weighted by Crippen LogP contribution is 2.30. The van der Waals surface area contributed by atoms with Crippen LogP contribution < -0.4 is 5.32 Å². The fourth-order valence-corrected chi connectivity index (χ4v) is 3.85. The first-order valence-electron chi connectivity index (χ1n) is 8.25. The number of thioether (sulfide) groups is 1. The minimum atomic E-state index is -4.43. The molecule has 0 atom stereocenters. The summed E-state index contributed by atoms with van der Waals surface area (Å²) in [6.45, 7) is 0.0618. The van der Waals surface area contributed by atoms with Gasteiger partial charge in [-0.2, -0.15) is 29.9 Å². The molecule has 0 saturated carbocycles. The van der Waals surface area contributed by atoms with Gasteiger partial charge in [-0.25, -0.2) is 0 Å². The monoisotopic (exact) mass is 385 g/mol. The average molecular weight is 385 g/mol. The summed E-state index contributed by atoms with van der Waals surface area (Å²) >= 11 is 1.90. The molecule has 0 unspecified atom stereocenters. The fraction of sp³-hybridized carbons (Fsp3) is 0.471. The van der Waals surface area contributed by atoms with Crippen LogP contribution in [0.4, 0.5) is 13.2 Å². The minimum Gasteiger partial charge on any atom is -0.347 e. The molecule has 2 heterocycles. The van der Waals surface area contributed by atoms with Crippen molar-refractivity contribution in [3.8, 4) is 0 Å². The molecule has 1 fully saturated rings. The van der Waals surface area contributed by atoms with Crippen molar-refractivity contribution in [2.45, 2.75) is 37.9 Å². The number of hydrogen-bond donors (Lipinski definition) is 1. The molecule has 0 aliphatic carbocycles. The summed E-state index contributed by atoms with van der Waals surface area (Å²) in [6, 6.07) is 4.73. The average Bonchev–Trinajstić information content (AvgIpc) is 3.09. The highest BCUT2D eigenvalue weighted by atomic mass is 32.2.